The number of carbonyl (C=O) groups is 1. The third-order valence-electron chi connectivity index (χ3n) is 8.10. The van der Waals surface area contributed by atoms with Crippen LogP contribution < -0.4 is 5.32 Å². The molecule has 9 N–H and O–H groups in total. The molecule has 0 aromatic heterocycles. The van der Waals surface area contributed by atoms with Gasteiger partial charge in [-0.05, 0) is 6.42 Å². The van der Waals surface area contributed by atoms with E-state index < -0.39 is 105 Å². The monoisotopic (exact) mass is 641 g/mol. The van der Waals surface area contributed by atoms with Crippen LogP contribution in [0.5, 0.6) is 0 Å². The summed E-state index contributed by atoms with van der Waals surface area (Å²) in [5, 5.41) is 84.9. The van der Waals surface area contributed by atoms with E-state index in [4.69, 9.17) is 28.4 Å². The molecule has 0 bridgehead atoms. The summed E-state index contributed by atoms with van der Waals surface area (Å²) in [5.74, 6) is -0.599. The molecule has 16 heteroatoms. The molecule has 3 aliphatic rings. The van der Waals surface area contributed by atoms with Gasteiger partial charge in [0.1, 0.15) is 54.9 Å². The number of nitrogens with one attached hydrogen (secondary N) is 1. The topological polar surface area (TPSA) is 246 Å². The quantitative estimate of drug-likeness (QED) is 0.0762. The van der Waals surface area contributed by atoms with E-state index in [1.165, 1.54) is 6.42 Å². The average Bonchev–Trinajstić information content (AvgIpc) is 2.99. The van der Waals surface area contributed by atoms with Gasteiger partial charge in [-0.25, -0.2) is 0 Å². The minimum absolute atomic E-state index is 0.0243. The molecule has 3 saturated heterocycles. The molecule has 3 heterocycles. The van der Waals surface area contributed by atoms with Gasteiger partial charge in [0.2, 0.25) is 5.91 Å². The molecule has 3 aliphatic heterocycles. The first-order valence-corrected chi connectivity index (χ1v) is 15.4. The first-order valence-electron chi connectivity index (χ1n) is 15.4. The summed E-state index contributed by atoms with van der Waals surface area (Å²) in [5.41, 5.74) is 0. The van der Waals surface area contributed by atoms with Crippen molar-refractivity contribution in [3.8, 4) is 0 Å². The standard InChI is InChI=1S/C28H51NO15/c1-3-4-5-6-7-8-9-39-27-20(34)16(33)10-15(41-27)13-40-28-25(24(38)22(36)18(12-31)43-28)44-26-19(29-14(2)32)23(37)21(35)17(11-30)42-26/h15-28,30-31,33-38H,3-13H2,1-2H3,(H,29,32)/t15-,16-,17+,18+,19+,20+,21+,22+,23+,24-,25-,26-,27+,28-/m0/s1. The van der Waals surface area contributed by atoms with Crippen LogP contribution in [-0.4, -0.2) is 159 Å². The highest BCUT2D eigenvalue weighted by molar-refractivity contribution is 5.73. The van der Waals surface area contributed by atoms with E-state index in [1.54, 1.807) is 0 Å². The van der Waals surface area contributed by atoms with Crippen molar-refractivity contribution in [2.75, 3.05) is 26.4 Å². The molecule has 0 aliphatic carbocycles. The molecule has 1 amide bonds. The molecule has 44 heavy (non-hydrogen) atoms. The largest absolute Gasteiger partial charge is 0.394 e. The van der Waals surface area contributed by atoms with E-state index in [1.807, 2.05) is 0 Å². The van der Waals surface area contributed by atoms with Crippen molar-refractivity contribution in [3.05, 3.63) is 0 Å². The van der Waals surface area contributed by atoms with Gasteiger partial charge < -0.3 is 74.6 Å². The van der Waals surface area contributed by atoms with Gasteiger partial charge in [0.15, 0.2) is 18.9 Å². The van der Waals surface area contributed by atoms with Gasteiger partial charge in [0.25, 0.3) is 0 Å². The Morgan fingerprint density at radius 3 is 2.00 bits per heavy atom. The van der Waals surface area contributed by atoms with E-state index in [2.05, 4.69) is 12.2 Å². The molecule has 0 saturated carbocycles. The summed E-state index contributed by atoms with van der Waals surface area (Å²) in [7, 11) is 0. The Kier molecular flexibility index (Phi) is 15.5. The van der Waals surface area contributed by atoms with E-state index >= 15 is 0 Å². The van der Waals surface area contributed by atoms with Crippen LogP contribution >= 0.6 is 0 Å². The Bertz CT molecular complexity index is 841. The van der Waals surface area contributed by atoms with Gasteiger partial charge in [-0.2, -0.15) is 0 Å². The number of unbranched alkanes of at least 4 members (excludes halogenated alkanes) is 5. The van der Waals surface area contributed by atoms with Crippen LogP contribution in [0.1, 0.15) is 58.8 Å². The zero-order valence-corrected chi connectivity index (χ0v) is 25.3. The second-order valence-electron chi connectivity index (χ2n) is 11.6. The highest BCUT2D eigenvalue weighted by atomic mass is 16.8. The number of hydrogen-bond acceptors (Lipinski definition) is 15. The summed E-state index contributed by atoms with van der Waals surface area (Å²) in [6, 6.07) is -1.35. The lowest BCUT2D eigenvalue weighted by atomic mass is 9.95. The van der Waals surface area contributed by atoms with Crippen LogP contribution in [-0.2, 0) is 33.2 Å². The van der Waals surface area contributed by atoms with E-state index in [9.17, 15) is 45.6 Å². The van der Waals surface area contributed by atoms with Crippen molar-refractivity contribution in [2.24, 2.45) is 0 Å². The first kappa shape index (κ1) is 37.4. The fourth-order valence-electron chi connectivity index (χ4n) is 5.52. The Morgan fingerprint density at radius 2 is 1.36 bits per heavy atom. The van der Waals surface area contributed by atoms with Crippen LogP contribution in [0.3, 0.4) is 0 Å². The molecule has 0 radical (unpaired) electrons. The first-order chi connectivity index (χ1) is 21.0. The number of aliphatic hydroxyl groups excluding tert-OH is 8. The molecule has 16 nitrogen and oxygen atoms in total. The maximum absolute atomic E-state index is 11.8. The van der Waals surface area contributed by atoms with E-state index in [0.717, 1.165) is 39.0 Å². The summed E-state index contributed by atoms with van der Waals surface area (Å²) in [6.45, 7) is 1.97. The van der Waals surface area contributed by atoms with Crippen LogP contribution in [0.25, 0.3) is 0 Å². The summed E-state index contributed by atoms with van der Waals surface area (Å²) < 4.78 is 34.5. The molecule has 0 spiro atoms. The van der Waals surface area contributed by atoms with Crippen molar-refractivity contribution in [2.45, 2.75) is 145 Å². The van der Waals surface area contributed by atoms with Gasteiger partial charge in [0, 0.05) is 20.0 Å². The van der Waals surface area contributed by atoms with Gasteiger partial charge >= 0.3 is 0 Å². The van der Waals surface area contributed by atoms with Crippen molar-refractivity contribution < 1.29 is 74.1 Å². The Hall–Kier alpha value is -1.09. The lowest BCUT2D eigenvalue weighted by molar-refractivity contribution is -0.360. The third-order valence-corrected chi connectivity index (χ3v) is 8.10. The number of aliphatic hydroxyl groups is 8. The highest BCUT2D eigenvalue weighted by Crippen LogP contribution is 2.31. The van der Waals surface area contributed by atoms with Crippen LogP contribution in [0.15, 0.2) is 0 Å². The van der Waals surface area contributed by atoms with Crippen molar-refractivity contribution >= 4 is 5.91 Å². The van der Waals surface area contributed by atoms with Gasteiger partial charge in [-0.1, -0.05) is 39.0 Å². The molecular formula is C28H51NO15. The average molecular weight is 642 g/mol. The highest BCUT2D eigenvalue weighted by Gasteiger charge is 2.51. The lowest BCUT2D eigenvalue weighted by Gasteiger charge is -2.47. The van der Waals surface area contributed by atoms with Crippen molar-refractivity contribution in [1.82, 2.24) is 5.32 Å². The third kappa shape index (κ3) is 9.95. The fraction of sp³-hybridized carbons (Fsp3) is 0.964. The summed E-state index contributed by atoms with van der Waals surface area (Å²) in [6.07, 6.45) is -11.9. The maximum atomic E-state index is 11.8. The molecule has 0 aromatic carbocycles. The minimum atomic E-state index is -1.72. The van der Waals surface area contributed by atoms with Crippen LogP contribution in [0, 0.1) is 0 Å². The normalized spacial score (nSPS) is 41.4. The maximum Gasteiger partial charge on any atom is 0.217 e. The number of rotatable bonds is 16. The smallest absolute Gasteiger partial charge is 0.217 e. The van der Waals surface area contributed by atoms with E-state index in [-0.39, 0.29) is 13.0 Å². The molecule has 0 aromatic rings. The van der Waals surface area contributed by atoms with Gasteiger partial charge in [0.05, 0.1) is 32.0 Å². The summed E-state index contributed by atoms with van der Waals surface area (Å²) >= 11 is 0. The minimum Gasteiger partial charge on any atom is -0.394 e. The van der Waals surface area contributed by atoms with Gasteiger partial charge in [-0.15, -0.1) is 0 Å². The molecular weight excluding hydrogens is 590 g/mol. The second-order valence-corrected chi connectivity index (χ2v) is 11.6. The number of carbonyl (C=O) groups excluding carboxylic acids is 1. The van der Waals surface area contributed by atoms with Crippen LogP contribution in [0.4, 0.5) is 0 Å². The zero-order chi connectivity index (χ0) is 32.4. The Balaban J connectivity index is 1.66. The number of amides is 1. The number of hydrogen-bond donors (Lipinski definition) is 9. The Labute approximate surface area is 256 Å². The number of ether oxygens (including phenoxy) is 6. The Morgan fingerprint density at radius 1 is 0.750 bits per heavy atom. The zero-order valence-electron chi connectivity index (χ0n) is 25.3. The van der Waals surface area contributed by atoms with E-state index in [0.29, 0.717) is 6.61 Å². The molecule has 3 rings (SSSR count). The van der Waals surface area contributed by atoms with Crippen LogP contribution in [0.2, 0.25) is 0 Å². The summed E-state index contributed by atoms with van der Waals surface area (Å²) in [4.78, 5) is 11.8. The predicted octanol–water partition coefficient (Wildman–Crippen LogP) is -3.02. The molecule has 14 atom stereocenters. The lowest BCUT2D eigenvalue weighted by Crippen LogP contribution is -2.67. The SMILES string of the molecule is CCCCCCCCO[C@@H]1O[C@H](CO[C@H]2O[C@H](CO)[C@@H](O)[C@H](O)[C@@H]2O[C@@H]2O[C@H](CO)[C@@H](O)[C@H](O)[C@H]2NC(C)=O)C[C@H](O)[C@H]1O. The predicted molar refractivity (Wildman–Crippen MR) is 149 cm³/mol. The van der Waals surface area contributed by atoms with Gasteiger partial charge in [-0.3, -0.25) is 4.79 Å². The molecule has 258 valence electrons. The van der Waals surface area contributed by atoms with Crippen molar-refractivity contribution in [1.29, 1.82) is 0 Å². The fourth-order valence-corrected chi connectivity index (χ4v) is 5.52. The molecule has 0 unspecified atom stereocenters. The molecule has 3 fully saturated rings. The van der Waals surface area contributed by atoms with Crippen molar-refractivity contribution in [3.63, 3.8) is 0 Å². The second kappa shape index (κ2) is 18.3.